The van der Waals surface area contributed by atoms with Crippen LogP contribution in [0.5, 0.6) is 0 Å². The van der Waals surface area contributed by atoms with Gasteiger partial charge in [0.05, 0.1) is 0 Å². The Labute approximate surface area is 93.3 Å². The van der Waals surface area contributed by atoms with Crippen LogP contribution in [0, 0.1) is 0 Å². The lowest BCUT2D eigenvalue weighted by atomic mass is 10.2. The van der Waals surface area contributed by atoms with Gasteiger partial charge in [0.1, 0.15) is 0 Å². The predicted octanol–water partition coefficient (Wildman–Crippen LogP) is 2.71. The molecule has 0 aliphatic heterocycles. The van der Waals surface area contributed by atoms with Gasteiger partial charge in [-0.2, -0.15) is 0 Å². The van der Waals surface area contributed by atoms with E-state index in [1.807, 2.05) is 0 Å². The topological polar surface area (TPSA) is 27.7 Å². The molecular formula is C10H23FO3Si. The Morgan fingerprint density at radius 1 is 1.00 bits per heavy atom. The average Bonchev–Trinajstić information content (AvgIpc) is 2.28. The second-order valence-corrected chi connectivity index (χ2v) is 6.59. The van der Waals surface area contributed by atoms with Crippen LogP contribution in [0.1, 0.15) is 39.0 Å². The van der Waals surface area contributed by atoms with Crippen LogP contribution in [0.3, 0.4) is 0 Å². The largest absolute Gasteiger partial charge is 0.536 e. The summed E-state index contributed by atoms with van der Waals surface area (Å²) in [5, 5.41) is 0. The summed E-state index contributed by atoms with van der Waals surface area (Å²) in [4.78, 5) is 0. The molecule has 0 saturated carbocycles. The van der Waals surface area contributed by atoms with Crippen LogP contribution >= 0.6 is 0 Å². The van der Waals surface area contributed by atoms with Gasteiger partial charge in [-0.05, 0) is 6.42 Å². The number of hydrogen-bond donors (Lipinski definition) is 0. The Morgan fingerprint density at radius 2 is 1.53 bits per heavy atom. The monoisotopic (exact) mass is 238 g/mol. The van der Waals surface area contributed by atoms with E-state index >= 15 is 0 Å². The highest BCUT2D eigenvalue weighted by Crippen LogP contribution is 2.20. The van der Waals surface area contributed by atoms with Crippen LogP contribution in [0.25, 0.3) is 0 Å². The zero-order chi connectivity index (χ0) is 11.7. The molecule has 5 heteroatoms. The summed E-state index contributed by atoms with van der Waals surface area (Å²) < 4.78 is 29.1. The molecule has 15 heavy (non-hydrogen) atoms. The number of alkyl halides is 1. The molecule has 0 saturated heterocycles. The van der Waals surface area contributed by atoms with Crippen molar-refractivity contribution in [3.63, 3.8) is 0 Å². The Kier molecular flexibility index (Phi) is 8.23. The molecule has 0 aliphatic carbocycles. The van der Waals surface area contributed by atoms with Crippen molar-refractivity contribution in [3.05, 3.63) is 0 Å². The minimum Gasteiger partial charge on any atom is -0.375 e. The molecule has 0 heterocycles. The van der Waals surface area contributed by atoms with Crippen LogP contribution in [0.4, 0.5) is 4.39 Å². The lowest BCUT2D eigenvalue weighted by molar-refractivity contribution is 0.0853. The Balaban J connectivity index is 3.97. The zero-order valence-electron chi connectivity index (χ0n) is 10.2. The molecule has 0 bridgehead atoms. The van der Waals surface area contributed by atoms with Gasteiger partial charge in [-0.15, -0.1) is 0 Å². The zero-order valence-corrected chi connectivity index (χ0v) is 11.2. The molecule has 1 atom stereocenters. The van der Waals surface area contributed by atoms with Gasteiger partial charge in [0.25, 0.3) is 0 Å². The first-order valence-electron chi connectivity index (χ1n) is 5.46. The molecule has 0 rings (SSSR count). The molecule has 0 aromatic heterocycles. The summed E-state index contributed by atoms with van der Waals surface area (Å²) >= 11 is 0. The molecular weight excluding hydrogens is 215 g/mol. The summed E-state index contributed by atoms with van der Waals surface area (Å²) in [6, 6.07) is 0. The highest BCUT2D eigenvalue weighted by molar-refractivity contribution is 6.62. The van der Waals surface area contributed by atoms with Gasteiger partial charge in [0.15, 0.2) is 5.79 Å². The van der Waals surface area contributed by atoms with Crippen molar-refractivity contribution in [3.8, 4) is 0 Å². The first-order valence-corrected chi connectivity index (χ1v) is 7.26. The van der Waals surface area contributed by atoms with E-state index in [2.05, 4.69) is 6.92 Å². The van der Waals surface area contributed by atoms with Crippen LogP contribution < -0.4 is 0 Å². The molecule has 0 amide bonds. The molecule has 3 nitrogen and oxygen atoms in total. The molecule has 1 unspecified atom stereocenters. The van der Waals surface area contributed by atoms with Crippen LogP contribution in [0.2, 0.25) is 0 Å². The molecule has 0 aromatic carbocycles. The minimum atomic E-state index is -3.05. The summed E-state index contributed by atoms with van der Waals surface area (Å²) in [6.45, 7) is 2.13. The van der Waals surface area contributed by atoms with Gasteiger partial charge in [0, 0.05) is 21.3 Å². The smallest absolute Gasteiger partial charge is 0.375 e. The summed E-state index contributed by atoms with van der Waals surface area (Å²) in [5.74, 6) is -1.12. The van der Waals surface area contributed by atoms with Gasteiger partial charge in [0.2, 0.25) is 0 Å². The predicted molar refractivity (Wildman–Crippen MR) is 60.4 cm³/mol. The molecule has 0 radical (unpaired) electrons. The fraction of sp³-hybridized carbons (Fsp3) is 1.00. The van der Waals surface area contributed by atoms with Crippen molar-refractivity contribution in [2.24, 2.45) is 0 Å². The lowest BCUT2D eigenvalue weighted by Crippen LogP contribution is -2.52. The maximum Gasteiger partial charge on any atom is 0.536 e. The third-order valence-electron chi connectivity index (χ3n) is 2.55. The highest BCUT2D eigenvalue weighted by atomic mass is 28.4. The third kappa shape index (κ3) is 4.59. The Morgan fingerprint density at radius 3 is 1.93 bits per heavy atom. The van der Waals surface area contributed by atoms with Crippen molar-refractivity contribution in [2.75, 3.05) is 21.3 Å². The molecule has 92 valence electrons. The van der Waals surface area contributed by atoms with Crippen molar-refractivity contribution in [1.29, 1.82) is 0 Å². The summed E-state index contributed by atoms with van der Waals surface area (Å²) in [6.07, 6.45) is 4.67. The quantitative estimate of drug-likeness (QED) is 0.456. The number of hydrogen-bond acceptors (Lipinski definition) is 3. The van der Waals surface area contributed by atoms with Gasteiger partial charge in [-0.3, -0.25) is 0 Å². The van der Waals surface area contributed by atoms with Gasteiger partial charge < -0.3 is 13.3 Å². The van der Waals surface area contributed by atoms with E-state index in [4.69, 9.17) is 13.3 Å². The standard InChI is InChI=1S/C10H23FO3Si/c1-5-6-7-8-9-10(11)15(12-2,13-3)14-4/h10H,5-9H2,1-4H3. The normalized spacial score (nSPS) is 14.2. The van der Waals surface area contributed by atoms with Crippen molar-refractivity contribution < 1.29 is 17.7 Å². The number of rotatable bonds is 9. The van der Waals surface area contributed by atoms with Crippen LogP contribution in [0.15, 0.2) is 0 Å². The second kappa shape index (κ2) is 8.21. The van der Waals surface area contributed by atoms with Gasteiger partial charge in [-0.25, -0.2) is 4.39 Å². The SMILES string of the molecule is CCCCCCC(F)[Si](OC)(OC)OC. The van der Waals surface area contributed by atoms with Crippen molar-refractivity contribution in [2.45, 2.75) is 44.8 Å². The number of unbranched alkanes of at least 4 members (excludes halogenated alkanes) is 3. The first kappa shape index (κ1) is 15.0. The first-order chi connectivity index (χ1) is 7.16. The van der Waals surface area contributed by atoms with Crippen LogP contribution in [-0.4, -0.2) is 35.9 Å². The maximum absolute atomic E-state index is 13.8. The van der Waals surface area contributed by atoms with Crippen molar-refractivity contribution in [1.82, 2.24) is 0 Å². The van der Waals surface area contributed by atoms with E-state index < -0.39 is 14.6 Å². The van der Waals surface area contributed by atoms with Crippen molar-refractivity contribution >= 4 is 8.80 Å². The fourth-order valence-electron chi connectivity index (χ4n) is 1.56. The number of halogens is 1. The van der Waals surface area contributed by atoms with E-state index in [-0.39, 0.29) is 0 Å². The van der Waals surface area contributed by atoms with E-state index in [9.17, 15) is 4.39 Å². The van der Waals surface area contributed by atoms with Gasteiger partial charge in [-0.1, -0.05) is 32.6 Å². The van der Waals surface area contributed by atoms with E-state index in [1.165, 1.54) is 21.3 Å². The average molecular weight is 238 g/mol. The van der Waals surface area contributed by atoms with E-state index in [1.54, 1.807) is 0 Å². The maximum atomic E-state index is 13.8. The summed E-state index contributed by atoms with van der Waals surface area (Å²) in [5.41, 5.74) is 0. The summed E-state index contributed by atoms with van der Waals surface area (Å²) in [7, 11) is 1.28. The molecule has 0 fully saturated rings. The van der Waals surface area contributed by atoms with Crippen LogP contribution in [-0.2, 0) is 13.3 Å². The molecule has 0 spiro atoms. The Hall–Kier alpha value is 0.0269. The fourth-order valence-corrected chi connectivity index (χ4v) is 3.39. The molecule has 0 aromatic rings. The van der Waals surface area contributed by atoms with Gasteiger partial charge >= 0.3 is 8.80 Å². The second-order valence-electron chi connectivity index (χ2n) is 3.53. The van der Waals surface area contributed by atoms with E-state index in [0.29, 0.717) is 6.42 Å². The Bertz CT molecular complexity index is 145. The third-order valence-corrected chi connectivity index (χ3v) is 5.31. The minimum absolute atomic E-state index is 0.460. The molecule has 0 aliphatic rings. The van der Waals surface area contributed by atoms with E-state index in [0.717, 1.165) is 25.7 Å². The lowest BCUT2D eigenvalue weighted by Gasteiger charge is -2.27. The highest BCUT2D eigenvalue weighted by Gasteiger charge is 2.47. The molecule has 0 N–H and O–H groups in total.